The monoisotopic (exact) mass is 239 g/mol. The Morgan fingerprint density at radius 1 is 1.50 bits per heavy atom. The molecule has 82 valence electrons. The van der Waals surface area contributed by atoms with Crippen molar-refractivity contribution in [1.82, 2.24) is 15.0 Å². The molecule has 0 aliphatic carbocycles. The summed E-state index contributed by atoms with van der Waals surface area (Å²) in [4.78, 5) is 10.4. The van der Waals surface area contributed by atoms with Gasteiger partial charge in [-0.25, -0.2) is 9.07 Å². The molecule has 16 heavy (non-hydrogen) atoms. The zero-order valence-corrected chi connectivity index (χ0v) is 8.86. The highest BCUT2D eigenvalue weighted by atomic mass is 35.5. The van der Waals surface area contributed by atoms with Crippen LogP contribution < -0.4 is 0 Å². The van der Waals surface area contributed by atoms with Crippen LogP contribution in [0.1, 0.15) is 16.1 Å². The molecule has 0 spiro atoms. The van der Waals surface area contributed by atoms with E-state index in [4.69, 9.17) is 11.6 Å². The highest BCUT2D eigenvalue weighted by molar-refractivity contribution is 6.31. The molecule has 1 aromatic heterocycles. The number of hydrogen-bond acceptors (Lipinski definition) is 3. The van der Waals surface area contributed by atoms with Crippen molar-refractivity contribution in [3.05, 3.63) is 46.5 Å². The molecule has 1 aromatic carbocycles. The molecule has 6 heteroatoms. The van der Waals surface area contributed by atoms with Gasteiger partial charge in [0, 0.05) is 10.6 Å². The maximum atomic E-state index is 13.4. The first-order chi connectivity index (χ1) is 7.70. The van der Waals surface area contributed by atoms with Crippen LogP contribution in [0, 0.1) is 5.82 Å². The van der Waals surface area contributed by atoms with Crippen LogP contribution >= 0.6 is 11.6 Å². The number of aldehydes is 1. The van der Waals surface area contributed by atoms with Gasteiger partial charge in [0.05, 0.1) is 12.7 Å². The minimum atomic E-state index is -0.407. The summed E-state index contributed by atoms with van der Waals surface area (Å²) in [5, 5.41) is 7.57. The van der Waals surface area contributed by atoms with Gasteiger partial charge in [0.2, 0.25) is 0 Å². The standard InChI is InChI=1S/C10H7ClFN3O/c11-9-2-1-3-10(12)8(9)5-15-4-7(6-16)13-14-15/h1-4,6H,5H2. The van der Waals surface area contributed by atoms with E-state index in [1.807, 2.05) is 0 Å². The molecule has 0 aliphatic rings. The van der Waals surface area contributed by atoms with Gasteiger partial charge in [-0.1, -0.05) is 22.9 Å². The second-order valence-electron chi connectivity index (χ2n) is 3.16. The van der Waals surface area contributed by atoms with Crippen LogP contribution in [0.3, 0.4) is 0 Å². The van der Waals surface area contributed by atoms with Gasteiger partial charge in [-0.05, 0) is 12.1 Å². The van der Waals surface area contributed by atoms with Crippen molar-refractivity contribution < 1.29 is 9.18 Å². The van der Waals surface area contributed by atoms with Crippen LogP contribution in [0.4, 0.5) is 4.39 Å². The van der Waals surface area contributed by atoms with E-state index in [2.05, 4.69) is 10.3 Å². The fourth-order valence-electron chi connectivity index (χ4n) is 1.29. The molecular formula is C10H7ClFN3O. The average molecular weight is 240 g/mol. The Balaban J connectivity index is 2.29. The largest absolute Gasteiger partial charge is 0.296 e. The van der Waals surface area contributed by atoms with Crippen molar-refractivity contribution in [3.8, 4) is 0 Å². The lowest BCUT2D eigenvalue weighted by Gasteiger charge is -2.04. The Hall–Kier alpha value is -1.75. The Morgan fingerprint density at radius 3 is 2.94 bits per heavy atom. The van der Waals surface area contributed by atoms with E-state index >= 15 is 0 Å². The van der Waals surface area contributed by atoms with Gasteiger partial charge < -0.3 is 0 Å². The molecule has 0 saturated carbocycles. The maximum Gasteiger partial charge on any atom is 0.171 e. The number of hydrogen-bond donors (Lipinski definition) is 0. The highest BCUT2D eigenvalue weighted by Crippen LogP contribution is 2.19. The predicted molar refractivity (Wildman–Crippen MR) is 55.9 cm³/mol. The summed E-state index contributed by atoms with van der Waals surface area (Å²) < 4.78 is 14.8. The SMILES string of the molecule is O=Cc1cn(Cc2c(F)cccc2Cl)nn1. The number of carbonyl (C=O) groups excluding carboxylic acids is 1. The van der Waals surface area contributed by atoms with Crippen LogP contribution in [-0.2, 0) is 6.54 Å². The summed E-state index contributed by atoms with van der Waals surface area (Å²) in [6.45, 7) is 0.145. The fraction of sp³-hybridized carbons (Fsp3) is 0.100. The Morgan fingerprint density at radius 2 is 2.31 bits per heavy atom. The van der Waals surface area contributed by atoms with Crippen molar-refractivity contribution in [3.63, 3.8) is 0 Å². The molecule has 0 fully saturated rings. The van der Waals surface area contributed by atoms with E-state index in [0.717, 1.165) is 0 Å². The smallest absolute Gasteiger partial charge is 0.171 e. The number of benzene rings is 1. The average Bonchev–Trinajstić information content (AvgIpc) is 2.71. The molecule has 1 heterocycles. The Kier molecular flexibility index (Phi) is 2.96. The molecule has 2 rings (SSSR count). The first-order valence-electron chi connectivity index (χ1n) is 4.49. The lowest BCUT2D eigenvalue weighted by molar-refractivity contribution is 0.111. The highest BCUT2D eigenvalue weighted by Gasteiger charge is 2.08. The van der Waals surface area contributed by atoms with E-state index in [-0.39, 0.29) is 12.2 Å². The van der Waals surface area contributed by atoms with Crippen molar-refractivity contribution in [2.24, 2.45) is 0 Å². The normalized spacial score (nSPS) is 10.4. The van der Waals surface area contributed by atoms with Gasteiger partial charge in [-0.2, -0.15) is 0 Å². The predicted octanol–water partition coefficient (Wildman–Crippen LogP) is 1.93. The topological polar surface area (TPSA) is 47.8 Å². The summed E-state index contributed by atoms with van der Waals surface area (Å²) >= 11 is 5.85. The first kappa shape index (κ1) is 10.8. The van der Waals surface area contributed by atoms with Crippen molar-refractivity contribution in [1.29, 1.82) is 0 Å². The lowest BCUT2D eigenvalue weighted by atomic mass is 10.2. The second kappa shape index (κ2) is 4.40. The molecule has 0 amide bonds. The Bertz CT molecular complexity index is 506. The van der Waals surface area contributed by atoms with Gasteiger partial charge in [0.1, 0.15) is 11.5 Å². The molecule has 0 radical (unpaired) electrons. The third-order valence-electron chi connectivity index (χ3n) is 2.06. The summed E-state index contributed by atoms with van der Waals surface area (Å²) in [6, 6.07) is 4.44. The maximum absolute atomic E-state index is 13.4. The van der Waals surface area contributed by atoms with Crippen LogP contribution in [0.15, 0.2) is 24.4 Å². The number of nitrogens with zero attached hydrogens (tertiary/aromatic N) is 3. The minimum absolute atomic E-state index is 0.145. The first-order valence-corrected chi connectivity index (χ1v) is 4.86. The summed E-state index contributed by atoms with van der Waals surface area (Å²) in [5.74, 6) is -0.407. The summed E-state index contributed by atoms with van der Waals surface area (Å²) in [6.07, 6.45) is 2.00. The number of carbonyl (C=O) groups is 1. The van der Waals surface area contributed by atoms with E-state index < -0.39 is 5.82 Å². The Labute approximate surface area is 95.6 Å². The quantitative estimate of drug-likeness (QED) is 0.769. The van der Waals surface area contributed by atoms with Gasteiger partial charge in [0.25, 0.3) is 0 Å². The van der Waals surface area contributed by atoms with Crippen molar-refractivity contribution >= 4 is 17.9 Å². The minimum Gasteiger partial charge on any atom is -0.296 e. The molecule has 0 N–H and O–H groups in total. The number of aromatic nitrogens is 3. The van der Waals surface area contributed by atoms with E-state index in [1.165, 1.54) is 23.0 Å². The molecule has 4 nitrogen and oxygen atoms in total. The number of rotatable bonds is 3. The van der Waals surface area contributed by atoms with Crippen molar-refractivity contribution in [2.45, 2.75) is 6.54 Å². The van der Waals surface area contributed by atoms with E-state index in [9.17, 15) is 9.18 Å². The van der Waals surface area contributed by atoms with Gasteiger partial charge in [-0.15, -0.1) is 5.10 Å². The molecule has 0 bridgehead atoms. The lowest BCUT2D eigenvalue weighted by Crippen LogP contribution is -2.03. The molecule has 0 atom stereocenters. The molecule has 0 saturated heterocycles. The third-order valence-corrected chi connectivity index (χ3v) is 2.41. The van der Waals surface area contributed by atoms with Gasteiger partial charge >= 0.3 is 0 Å². The van der Waals surface area contributed by atoms with E-state index in [1.54, 1.807) is 6.07 Å². The summed E-state index contributed by atoms with van der Waals surface area (Å²) in [7, 11) is 0. The van der Waals surface area contributed by atoms with Gasteiger partial charge in [0.15, 0.2) is 6.29 Å². The van der Waals surface area contributed by atoms with E-state index in [0.29, 0.717) is 16.9 Å². The summed E-state index contributed by atoms with van der Waals surface area (Å²) in [5.41, 5.74) is 0.527. The zero-order valence-electron chi connectivity index (χ0n) is 8.10. The molecule has 0 unspecified atom stereocenters. The molecule has 2 aromatic rings. The van der Waals surface area contributed by atoms with Crippen LogP contribution in [0.5, 0.6) is 0 Å². The van der Waals surface area contributed by atoms with Gasteiger partial charge in [-0.3, -0.25) is 4.79 Å². The fourth-order valence-corrected chi connectivity index (χ4v) is 1.51. The van der Waals surface area contributed by atoms with Crippen molar-refractivity contribution in [2.75, 3.05) is 0 Å². The second-order valence-corrected chi connectivity index (χ2v) is 3.57. The van der Waals surface area contributed by atoms with Crippen LogP contribution in [0.25, 0.3) is 0 Å². The molecule has 0 aliphatic heterocycles. The van der Waals surface area contributed by atoms with Crippen LogP contribution in [-0.4, -0.2) is 21.3 Å². The van der Waals surface area contributed by atoms with Crippen LogP contribution in [0.2, 0.25) is 5.02 Å². The number of halogens is 2. The third kappa shape index (κ3) is 2.09. The molecular weight excluding hydrogens is 233 g/mol. The zero-order chi connectivity index (χ0) is 11.5.